The molecule has 0 saturated heterocycles. The number of halogens is 3. The summed E-state index contributed by atoms with van der Waals surface area (Å²) in [6, 6.07) is 23.0. The Morgan fingerprint density at radius 3 is 2.62 bits per heavy atom. The lowest BCUT2D eigenvalue weighted by molar-refractivity contribution is -0.385. The predicted octanol–water partition coefficient (Wildman–Crippen LogP) is 8.14. The number of rotatable bonds is 7. The van der Waals surface area contributed by atoms with Crippen LogP contribution in [0.15, 0.2) is 99.2 Å². The van der Waals surface area contributed by atoms with Crippen LogP contribution in [0.25, 0.3) is 33.5 Å². The van der Waals surface area contributed by atoms with Gasteiger partial charge in [0.1, 0.15) is 12.2 Å². The molecule has 0 spiro atoms. The summed E-state index contributed by atoms with van der Waals surface area (Å²) in [7, 11) is 0. The molecule has 6 aromatic rings. The Hall–Kier alpha value is -4.70. The molecule has 0 aliphatic heterocycles. The van der Waals surface area contributed by atoms with Crippen molar-refractivity contribution in [1.82, 2.24) is 9.66 Å². The van der Waals surface area contributed by atoms with Crippen LogP contribution in [0.2, 0.25) is 15.1 Å². The van der Waals surface area contributed by atoms with Gasteiger partial charge in [0.25, 0.3) is 5.56 Å². The van der Waals surface area contributed by atoms with Gasteiger partial charge in [-0.15, -0.1) is 0 Å². The van der Waals surface area contributed by atoms with Crippen molar-refractivity contribution in [3.8, 4) is 17.3 Å². The lowest BCUT2D eigenvalue weighted by Crippen LogP contribution is -2.20. The maximum atomic E-state index is 13.5. The first kappa shape index (κ1) is 27.5. The Morgan fingerprint density at radius 2 is 1.81 bits per heavy atom. The number of benzene rings is 4. The lowest BCUT2D eigenvalue weighted by Gasteiger charge is -2.09. The third kappa shape index (κ3) is 5.45. The molecule has 0 saturated carbocycles. The molecule has 0 unspecified atom stereocenters. The monoisotopic (exact) mass is 618 g/mol. The van der Waals surface area contributed by atoms with E-state index in [1.807, 2.05) is 0 Å². The standard InChI is InChI=1S/C30H17Cl3N4O5/c31-20-7-10-26-19(13-20)14-28(42-26)29-35-24-4-2-1-3-21(24)30(38)36(29)34-15-17-6-9-27(25(12-17)37(39)40)41-16-18-5-8-22(32)23(33)11-18/h1-15H,16H2. The van der Waals surface area contributed by atoms with Gasteiger partial charge >= 0.3 is 5.69 Å². The first-order chi connectivity index (χ1) is 20.3. The molecule has 0 radical (unpaired) electrons. The first-order valence-corrected chi connectivity index (χ1v) is 13.5. The van der Waals surface area contributed by atoms with E-state index in [0.29, 0.717) is 48.4 Å². The molecule has 2 aromatic heterocycles. The summed E-state index contributed by atoms with van der Waals surface area (Å²) >= 11 is 18.1. The quantitative estimate of drug-likeness (QED) is 0.101. The molecule has 0 amide bonds. The number of nitro benzene ring substituents is 1. The summed E-state index contributed by atoms with van der Waals surface area (Å²) in [6.07, 6.45) is 1.33. The molecule has 4 aromatic carbocycles. The van der Waals surface area contributed by atoms with Crippen molar-refractivity contribution >= 4 is 68.6 Å². The highest BCUT2D eigenvalue weighted by molar-refractivity contribution is 6.42. The van der Waals surface area contributed by atoms with E-state index in [4.69, 9.17) is 44.0 Å². The molecule has 0 aliphatic carbocycles. The van der Waals surface area contributed by atoms with Gasteiger partial charge < -0.3 is 9.15 Å². The number of fused-ring (bicyclic) bond motifs is 2. The predicted molar refractivity (Wildman–Crippen MR) is 163 cm³/mol. The van der Waals surface area contributed by atoms with Crippen LogP contribution >= 0.6 is 34.8 Å². The van der Waals surface area contributed by atoms with E-state index in [0.717, 1.165) is 10.1 Å². The van der Waals surface area contributed by atoms with Gasteiger partial charge in [0.15, 0.2) is 11.5 Å². The van der Waals surface area contributed by atoms with Crippen LogP contribution in [0.5, 0.6) is 5.75 Å². The average Bonchev–Trinajstić information content (AvgIpc) is 3.40. The number of aromatic nitrogens is 2. The number of hydrogen-bond acceptors (Lipinski definition) is 7. The third-order valence-corrected chi connectivity index (χ3v) is 7.31. The van der Waals surface area contributed by atoms with Crippen molar-refractivity contribution in [2.45, 2.75) is 6.61 Å². The number of para-hydroxylation sites is 1. The molecule has 0 atom stereocenters. The zero-order valence-electron chi connectivity index (χ0n) is 21.3. The fraction of sp³-hybridized carbons (Fsp3) is 0.0333. The second-order valence-corrected chi connectivity index (χ2v) is 10.4. The fourth-order valence-corrected chi connectivity index (χ4v) is 4.81. The Bertz CT molecular complexity index is 2110. The van der Waals surface area contributed by atoms with Crippen molar-refractivity contribution < 1.29 is 14.1 Å². The van der Waals surface area contributed by atoms with Crippen LogP contribution in [-0.2, 0) is 6.61 Å². The number of hydrogen-bond donors (Lipinski definition) is 0. The second kappa shape index (κ2) is 11.3. The minimum Gasteiger partial charge on any atom is -0.482 e. The lowest BCUT2D eigenvalue weighted by atomic mass is 10.2. The SMILES string of the molecule is O=c1c2ccccc2nc(-c2cc3cc(Cl)ccc3o2)n1N=Cc1ccc(OCc2ccc(Cl)c(Cl)c2)c([N+](=O)[O-])c1. The third-order valence-electron chi connectivity index (χ3n) is 6.33. The molecular formula is C30H17Cl3N4O5. The minimum absolute atomic E-state index is 0.0371. The van der Waals surface area contributed by atoms with Crippen LogP contribution in [0.1, 0.15) is 11.1 Å². The summed E-state index contributed by atoms with van der Waals surface area (Å²) in [5.41, 5.74) is 1.33. The topological polar surface area (TPSA) is 113 Å². The molecule has 42 heavy (non-hydrogen) atoms. The zero-order chi connectivity index (χ0) is 29.4. The van der Waals surface area contributed by atoms with E-state index in [2.05, 4.69) is 10.1 Å². The van der Waals surface area contributed by atoms with Crippen LogP contribution in [0.4, 0.5) is 5.69 Å². The van der Waals surface area contributed by atoms with Crippen molar-refractivity contribution in [2.24, 2.45) is 5.10 Å². The summed E-state index contributed by atoms with van der Waals surface area (Å²) in [5.74, 6) is 0.497. The van der Waals surface area contributed by atoms with Gasteiger partial charge in [-0.2, -0.15) is 9.78 Å². The van der Waals surface area contributed by atoms with Gasteiger partial charge in [0.2, 0.25) is 5.82 Å². The molecule has 208 valence electrons. The number of nitrogens with zero attached hydrogens (tertiary/aromatic N) is 4. The summed E-state index contributed by atoms with van der Waals surface area (Å²) in [4.78, 5) is 29.4. The summed E-state index contributed by atoms with van der Waals surface area (Å²) in [5, 5.41) is 18.6. The van der Waals surface area contributed by atoms with Crippen LogP contribution < -0.4 is 10.3 Å². The van der Waals surface area contributed by atoms with Crippen molar-refractivity contribution in [2.75, 3.05) is 0 Å². The van der Waals surface area contributed by atoms with Gasteiger partial charge in [-0.05, 0) is 66.2 Å². The Labute approximate surface area is 252 Å². The molecule has 0 fully saturated rings. The van der Waals surface area contributed by atoms with Gasteiger partial charge in [-0.25, -0.2) is 4.98 Å². The molecular weight excluding hydrogens is 603 g/mol. The van der Waals surface area contributed by atoms with Crippen molar-refractivity contribution in [3.05, 3.63) is 132 Å². The highest BCUT2D eigenvalue weighted by Crippen LogP contribution is 2.31. The molecule has 2 heterocycles. The summed E-state index contributed by atoms with van der Waals surface area (Å²) < 4.78 is 12.8. The Kier molecular flexibility index (Phi) is 7.38. The van der Waals surface area contributed by atoms with Crippen molar-refractivity contribution in [3.63, 3.8) is 0 Å². The van der Waals surface area contributed by atoms with E-state index in [-0.39, 0.29) is 23.9 Å². The van der Waals surface area contributed by atoms with Crippen molar-refractivity contribution in [1.29, 1.82) is 0 Å². The average molecular weight is 620 g/mol. The largest absolute Gasteiger partial charge is 0.482 e. The highest BCUT2D eigenvalue weighted by Gasteiger charge is 2.18. The first-order valence-electron chi connectivity index (χ1n) is 12.4. The van der Waals surface area contributed by atoms with Gasteiger partial charge in [-0.1, -0.05) is 53.0 Å². The Balaban J connectivity index is 1.38. The summed E-state index contributed by atoms with van der Waals surface area (Å²) in [6.45, 7) is 0.0371. The second-order valence-electron chi connectivity index (χ2n) is 9.13. The molecule has 0 N–H and O–H groups in total. The van der Waals surface area contributed by atoms with E-state index in [1.165, 1.54) is 18.3 Å². The number of nitro groups is 1. The maximum absolute atomic E-state index is 13.5. The molecule has 0 aliphatic rings. The Morgan fingerprint density at radius 1 is 0.976 bits per heavy atom. The van der Waals surface area contributed by atoms with Gasteiger partial charge in [0, 0.05) is 22.0 Å². The normalized spacial score (nSPS) is 11.5. The zero-order valence-corrected chi connectivity index (χ0v) is 23.6. The van der Waals surface area contributed by atoms with Crippen LogP contribution in [0.3, 0.4) is 0 Å². The minimum atomic E-state index is -0.559. The highest BCUT2D eigenvalue weighted by atomic mass is 35.5. The van der Waals surface area contributed by atoms with E-state index >= 15 is 0 Å². The smallest absolute Gasteiger partial charge is 0.311 e. The fourth-order valence-electron chi connectivity index (χ4n) is 4.31. The van der Waals surface area contributed by atoms with Gasteiger partial charge in [-0.3, -0.25) is 14.9 Å². The van der Waals surface area contributed by atoms with E-state index in [1.54, 1.807) is 72.8 Å². The van der Waals surface area contributed by atoms with Gasteiger partial charge in [0.05, 0.1) is 32.1 Å². The maximum Gasteiger partial charge on any atom is 0.311 e. The van der Waals surface area contributed by atoms with E-state index in [9.17, 15) is 14.9 Å². The van der Waals surface area contributed by atoms with Crippen LogP contribution in [0, 0.1) is 10.1 Å². The molecule has 12 heteroatoms. The molecule has 9 nitrogen and oxygen atoms in total. The molecule has 6 rings (SSSR count). The number of furan rings is 1. The van der Waals surface area contributed by atoms with E-state index < -0.39 is 10.5 Å². The van der Waals surface area contributed by atoms with Crippen LogP contribution in [-0.4, -0.2) is 20.8 Å². The molecule has 0 bridgehead atoms. The number of ether oxygens (including phenoxy) is 1.